The lowest BCUT2D eigenvalue weighted by molar-refractivity contribution is 0.352. The minimum atomic E-state index is 0.362. The van der Waals surface area contributed by atoms with Crippen molar-refractivity contribution in [3.63, 3.8) is 0 Å². The molecule has 0 aromatic heterocycles. The first kappa shape index (κ1) is 10.5. The third kappa shape index (κ3) is 2.31. The van der Waals surface area contributed by atoms with Crippen molar-refractivity contribution in [2.45, 2.75) is 13.0 Å². The van der Waals surface area contributed by atoms with Gasteiger partial charge < -0.3 is 10.1 Å². The minimum Gasteiger partial charge on any atom is -0.493 e. The van der Waals surface area contributed by atoms with Crippen LogP contribution in [0.4, 0.5) is 0 Å². The zero-order valence-electron chi connectivity index (χ0n) is 8.22. The van der Waals surface area contributed by atoms with Crippen LogP contribution in [0.3, 0.4) is 0 Å². The molecule has 1 aliphatic heterocycles. The van der Waals surface area contributed by atoms with Gasteiger partial charge >= 0.3 is 0 Å². The maximum Gasteiger partial charge on any atom is 0.127 e. The lowest BCUT2D eigenvalue weighted by Gasteiger charge is -2.08. The Hall–Kier alpha value is -1.05. The summed E-state index contributed by atoms with van der Waals surface area (Å²) in [5.41, 5.74) is 2.37. The van der Waals surface area contributed by atoms with Crippen molar-refractivity contribution >= 4 is 15.9 Å². The molecule has 0 radical (unpaired) electrons. The molecule has 0 bridgehead atoms. The molecule has 0 spiro atoms. The molecular formula is C11H11BrN2O. The highest BCUT2D eigenvalue weighted by atomic mass is 79.9. The van der Waals surface area contributed by atoms with Crippen LogP contribution in [0.5, 0.6) is 5.75 Å². The molecule has 2 rings (SSSR count). The maximum atomic E-state index is 8.44. The van der Waals surface area contributed by atoms with E-state index in [0.29, 0.717) is 13.1 Å². The van der Waals surface area contributed by atoms with Crippen molar-refractivity contribution in [1.29, 1.82) is 5.26 Å². The van der Waals surface area contributed by atoms with Crippen molar-refractivity contribution in [3.05, 3.63) is 27.7 Å². The van der Waals surface area contributed by atoms with Gasteiger partial charge in [0, 0.05) is 23.0 Å². The van der Waals surface area contributed by atoms with Crippen LogP contribution in [0, 0.1) is 11.3 Å². The Labute approximate surface area is 97.2 Å². The van der Waals surface area contributed by atoms with Crippen molar-refractivity contribution in [2.24, 2.45) is 0 Å². The van der Waals surface area contributed by atoms with Crippen LogP contribution in [-0.2, 0) is 13.0 Å². The molecule has 0 atom stereocenters. The highest BCUT2D eigenvalue weighted by Gasteiger charge is 2.16. The predicted octanol–water partition coefficient (Wildman–Crippen LogP) is 2.00. The Morgan fingerprint density at radius 1 is 1.53 bits per heavy atom. The summed E-state index contributed by atoms with van der Waals surface area (Å²) in [6.07, 6.45) is 0.972. The molecule has 78 valence electrons. The van der Waals surface area contributed by atoms with Crippen LogP contribution < -0.4 is 10.1 Å². The first-order chi connectivity index (χ1) is 7.31. The first-order valence-corrected chi connectivity index (χ1v) is 5.62. The van der Waals surface area contributed by atoms with E-state index < -0.39 is 0 Å². The van der Waals surface area contributed by atoms with Gasteiger partial charge in [0.15, 0.2) is 0 Å². The smallest absolute Gasteiger partial charge is 0.127 e. The van der Waals surface area contributed by atoms with Crippen LogP contribution in [-0.4, -0.2) is 13.2 Å². The van der Waals surface area contributed by atoms with Crippen molar-refractivity contribution in [3.8, 4) is 11.8 Å². The molecule has 0 aliphatic carbocycles. The van der Waals surface area contributed by atoms with Gasteiger partial charge in [0.2, 0.25) is 0 Å². The van der Waals surface area contributed by atoms with E-state index in [0.717, 1.165) is 28.8 Å². The third-order valence-corrected chi connectivity index (χ3v) is 2.80. The highest BCUT2D eigenvalue weighted by molar-refractivity contribution is 9.10. The van der Waals surface area contributed by atoms with Crippen molar-refractivity contribution < 1.29 is 4.74 Å². The van der Waals surface area contributed by atoms with Gasteiger partial charge in [0.1, 0.15) is 5.75 Å². The molecule has 0 unspecified atom stereocenters. The molecule has 4 heteroatoms. The molecule has 15 heavy (non-hydrogen) atoms. The topological polar surface area (TPSA) is 45.0 Å². The molecule has 0 amide bonds. The summed E-state index contributed by atoms with van der Waals surface area (Å²) < 4.78 is 6.64. The largest absolute Gasteiger partial charge is 0.493 e. The minimum absolute atomic E-state index is 0.362. The Morgan fingerprint density at radius 2 is 2.40 bits per heavy atom. The number of ether oxygens (including phenoxy) is 1. The van der Waals surface area contributed by atoms with Gasteiger partial charge in [-0.3, -0.25) is 0 Å². The summed E-state index contributed by atoms with van der Waals surface area (Å²) in [5, 5.41) is 11.5. The van der Waals surface area contributed by atoms with Crippen LogP contribution in [0.15, 0.2) is 16.6 Å². The number of fused-ring (bicyclic) bond motifs is 1. The zero-order valence-corrected chi connectivity index (χ0v) is 9.80. The number of nitrogens with one attached hydrogen (secondary N) is 1. The van der Waals surface area contributed by atoms with E-state index >= 15 is 0 Å². The van der Waals surface area contributed by atoms with Gasteiger partial charge in [0.05, 0.1) is 19.2 Å². The SMILES string of the molecule is N#CCNCc1cc(Br)cc2c1OCC2. The van der Waals surface area contributed by atoms with Gasteiger partial charge in [-0.05, 0) is 17.7 Å². The molecule has 1 aliphatic rings. The summed E-state index contributed by atoms with van der Waals surface area (Å²) in [7, 11) is 0. The van der Waals surface area contributed by atoms with Crippen LogP contribution in [0.25, 0.3) is 0 Å². The lowest BCUT2D eigenvalue weighted by atomic mass is 10.1. The average Bonchev–Trinajstić information content (AvgIpc) is 2.65. The van der Waals surface area contributed by atoms with Crippen LogP contribution >= 0.6 is 15.9 Å². The summed E-state index contributed by atoms with van der Waals surface area (Å²) in [4.78, 5) is 0. The molecule has 1 heterocycles. The molecule has 0 saturated heterocycles. The van der Waals surface area contributed by atoms with Gasteiger partial charge in [-0.1, -0.05) is 15.9 Å². The van der Waals surface area contributed by atoms with E-state index in [2.05, 4.69) is 33.4 Å². The summed E-state index contributed by atoms with van der Waals surface area (Å²) in [6.45, 7) is 1.80. The number of nitriles is 1. The van der Waals surface area contributed by atoms with Crippen LogP contribution in [0.2, 0.25) is 0 Å². The number of hydrogen-bond acceptors (Lipinski definition) is 3. The number of nitrogens with zero attached hydrogens (tertiary/aromatic N) is 1. The monoisotopic (exact) mass is 266 g/mol. The van der Waals surface area contributed by atoms with E-state index in [1.807, 2.05) is 6.07 Å². The van der Waals surface area contributed by atoms with E-state index in [1.54, 1.807) is 0 Å². The van der Waals surface area contributed by atoms with E-state index in [-0.39, 0.29) is 0 Å². The second kappa shape index (κ2) is 4.65. The van der Waals surface area contributed by atoms with E-state index in [1.165, 1.54) is 5.56 Å². The zero-order chi connectivity index (χ0) is 10.7. The van der Waals surface area contributed by atoms with Gasteiger partial charge in [-0.15, -0.1) is 0 Å². The van der Waals surface area contributed by atoms with Gasteiger partial charge in [-0.25, -0.2) is 0 Å². The number of halogens is 1. The van der Waals surface area contributed by atoms with Crippen molar-refractivity contribution in [1.82, 2.24) is 5.32 Å². The Balaban J connectivity index is 2.19. The standard InChI is InChI=1S/C11H11BrN2O/c12-10-5-8-1-4-15-11(8)9(6-10)7-14-3-2-13/h5-6,14H,1,3-4,7H2. The first-order valence-electron chi connectivity index (χ1n) is 4.83. The summed E-state index contributed by atoms with van der Waals surface area (Å²) in [5.74, 6) is 0.989. The molecule has 1 aromatic carbocycles. The summed E-state index contributed by atoms with van der Waals surface area (Å²) in [6, 6.07) is 6.19. The molecule has 1 N–H and O–H groups in total. The second-order valence-corrected chi connectivity index (χ2v) is 4.33. The normalized spacial score (nSPS) is 13.1. The average molecular weight is 267 g/mol. The summed E-state index contributed by atoms with van der Waals surface area (Å²) >= 11 is 3.48. The quantitative estimate of drug-likeness (QED) is 0.673. The van der Waals surface area contributed by atoms with Crippen molar-refractivity contribution in [2.75, 3.05) is 13.2 Å². The Kier molecular flexibility index (Phi) is 3.24. The van der Waals surface area contributed by atoms with Crippen LogP contribution in [0.1, 0.15) is 11.1 Å². The fourth-order valence-corrected chi connectivity index (χ4v) is 2.28. The molecular weight excluding hydrogens is 256 g/mol. The predicted molar refractivity (Wildman–Crippen MR) is 60.7 cm³/mol. The third-order valence-electron chi connectivity index (χ3n) is 2.34. The van der Waals surface area contributed by atoms with E-state index in [4.69, 9.17) is 10.00 Å². The molecule has 0 saturated carbocycles. The lowest BCUT2D eigenvalue weighted by Crippen LogP contribution is -2.13. The van der Waals surface area contributed by atoms with E-state index in [9.17, 15) is 0 Å². The number of rotatable bonds is 3. The Morgan fingerprint density at radius 3 is 3.20 bits per heavy atom. The number of hydrogen-bond donors (Lipinski definition) is 1. The number of benzene rings is 1. The van der Waals surface area contributed by atoms with Gasteiger partial charge in [-0.2, -0.15) is 5.26 Å². The molecule has 0 fully saturated rings. The maximum absolute atomic E-state index is 8.44. The van der Waals surface area contributed by atoms with Gasteiger partial charge in [0.25, 0.3) is 0 Å². The fraction of sp³-hybridized carbons (Fsp3) is 0.364. The molecule has 1 aromatic rings. The fourth-order valence-electron chi connectivity index (χ4n) is 1.73. The Bertz CT molecular complexity index is 412. The molecule has 3 nitrogen and oxygen atoms in total. The second-order valence-electron chi connectivity index (χ2n) is 3.41. The highest BCUT2D eigenvalue weighted by Crippen LogP contribution is 2.32.